The molecule has 0 saturated carbocycles. The molecule has 0 atom stereocenters. The normalized spacial score (nSPS) is 11.5. The number of halogens is 2. The first kappa shape index (κ1) is 21.5. The van der Waals surface area contributed by atoms with Gasteiger partial charge in [-0.3, -0.25) is 0 Å². The maximum absolute atomic E-state index is 12.0. The van der Waals surface area contributed by atoms with Crippen molar-refractivity contribution in [3.63, 3.8) is 0 Å². The number of hydrogen-bond acceptors (Lipinski definition) is 4. The van der Waals surface area contributed by atoms with Crippen molar-refractivity contribution in [1.82, 2.24) is 0 Å². The molecule has 4 nitrogen and oxygen atoms in total. The van der Waals surface area contributed by atoms with Crippen molar-refractivity contribution < 1.29 is 17.9 Å². The second kappa shape index (κ2) is 8.42. The number of para-hydroxylation sites is 1. The quantitative estimate of drug-likeness (QED) is 0.313. The van der Waals surface area contributed by atoms with E-state index in [9.17, 15) is 8.42 Å². The Kier molecular flexibility index (Phi) is 5.84. The first-order valence-electron chi connectivity index (χ1n) is 9.31. The van der Waals surface area contributed by atoms with E-state index in [1.54, 1.807) is 13.2 Å². The molecular weight excluding hydrogens is 455 g/mol. The molecular formula is C24H18Cl2O4S. The fourth-order valence-corrected chi connectivity index (χ4v) is 5.01. The molecule has 0 aliphatic rings. The molecule has 0 heterocycles. The molecule has 158 valence electrons. The predicted molar refractivity (Wildman–Crippen MR) is 126 cm³/mol. The van der Waals surface area contributed by atoms with Gasteiger partial charge < -0.3 is 9.47 Å². The molecule has 0 fully saturated rings. The molecule has 0 aliphatic heterocycles. The summed E-state index contributed by atoms with van der Waals surface area (Å²) in [6, 6.07) is 22.0. The van der Waals surface area contributed by atoms with Gasteiger partial charge in [-0.25, -0.2) is 8.42 Å². The van der Waals surface area contributed by atoms with Gasteiger partial charge in [0.25, 0.3) is 0 Å². The van der Waals surface area contributed by atoms with Crippen LogP contribution in [-0.2, 0) is 9.84 Å². The second-order valence-electron chi connectivity index (χ2n) is 6.96. The Morgan fingerprint density at radius 3 is 2.16 bits per heavy atom. The molecule has 0 bridgehead atoms. The van der Waals surface area contributed by atoms with Gasteiger partial charge in [-0.15, -0.1) is 0 Å². The van der Waals surface area contributed by atoms with Gasteiger partial charge >= 0.3 is 0 Å². The van der Waals surface area contributed by atoms with E-state index < -0.39 is 9.84 Å². The average Bonchev–Trinajstić information content (AvgIpc) is 2.75. The summed E-state index contributed by atoms with van der Waals surface area (Å²) >= 11 is 12.9. The van der Waals surface area contributed by atoms with Gasteiger partial charge in [0.1, 0.15) is 17.2 Å². The van der Waals surface area contributed by atoms with E-state index in [-0.39, 0.29) is 14.9 Å². The molecule has 0 aliphatic carbocycles. The molecule has 7 heteroatoms. The fourth-order valence-electron chi connectivity index (χ4n) is 3.36. The first-order valence-corrected chi connectivity index (χ1v) is 12.0. The Balaban J connectivity index is 1.98. The summed E-state index contributed by atoms with van der Waals surface area (Å²) in [5, 5.41) is 1.91. The molecule has 0 saturated heterocycles. The number of ether oxygens (including phenoxy) is 2. The van der Waals surface area contributed by atoms with Crippen molar-refractivity contribution in [1.29, 1.82) is 0 Å². The van der Waals surface area contributed by atoms with Gasteiger partial charge in [-0.1, -0.05) is 53.5 Å². The minimum absolute atomic E-state index is 0.0119. The summed E-state index contributed by atoms with van der Waals surface area (Å²) in [5.74, 6) is 1.96. The summed E-state index contributed by atoms with van der Waals surface area (Å²) in [7, 11) is -1.90. The molecule has 4 aromatic rings. The van der Waals surface area contributed by atoms with Gasteiger partial charge in [-0.2, -0.15) is 0 Å². The zero-order valence-electron chi connectivity index (χ0n) is 16.7. The Hall–Kier alpha value is -2.73. The van der Waals surface area contributed by atoms with Crippen molar-refractivity contribution in [2.75, 3.05) is 13.4 Å². The van der Waals surface area contributed by atoms with E-state index in [1.807, 2.05) is 60.7 Å². The Bertz CT molecular complexity index is 1380. The summed E-state index contributed by atoms with van der Waals surface area (Å²) in [5.41, 5.74) is 1.26. The Morgan fingerprint density at radius 2 is 1.48 bits per heavy atom. The predicted octanol–water partition coefficient (Wildman–Crippen LogP) is 7.02. The lowest BCUT2D eigenvalue weighted by Gasteiger charge is -2.17. The molecule has 0 N–H and O–H groups in total. The Labute approximate surface area is 190 Å². The van der Waals surface area contributed by atoms with Crippen LogP contribution in [0, 0.1) is 0 Å². The highest BCUT2D eigenvalue weighted by molar-refractivity contribution is 7.90. The van der Waals surface area contributed by atoms with Crippen molar-refractivity contribution >= 4 is 43.8 Å². The molecule has 4 aromatic carbocycles. The number of sulfone groups is 1. The molecule has 0 spiro atoms. The highest BCUT2D eigenvalue weighted by Crippen LogP contribution is 2.45. The summed E-state index contributed by atoms with van der Waals surface area (Å²) in [6.07, 6.45) is 1.09. The number of benzene rings is 4. The summed E-state index contributed by atoms with van der Waals surface area (Å²) in [6.45, 7) is 0. The van der Waals surface area contributed by atoms with Crippen LogP contribution in [0.3, 0.4) is 0 Å². The topological polar surface area (TPSA) is 52.6 Å². The van der Waals surface area contributed by atoms with Gasteiger partial charge in [0, 0.05) is 22.8 Å². The highest BCUT2D eigenvalue weighted by atomic mass is 35.5. The van der Waals surface area contributed by atoms with E-state index in [0.717, 1.165) is 22.8 Å². The van der Waals surface area contributed by atoms with Crippen LogP contribution >= 0.6 is 23.2 Å². The minimum Gasteiger partial charge on any atom is -0.497 e. The molecule has 4 rings (SSSR count). The van der Waals surface area contributed by atoms with Crippen LogP contribution in [0.5, 0.6) is 17.2 Å². The number of rotatable bonds is 5. The fraction of sp³-hybridized carbons (Fsp3) is 0.0833. The van der Waals surface area contributed by atoms with Crippen LogP contribution in [0.15, 0.2) is 77.7 Å². The zero-order valence-corrected chi connectivity index (χ0v) is 19.1. The minimum atomic E-state index is -3.52. The van der Waals surface area contributed by atoms with Gasteiger partial charge in [-0.05, 0) is 47.9 Å². The number of fused-ring (bicyclic) bond motifs is 1. The molecule has 0 amide bonds. The largest absolute Gasteiger partial charge is 0.497 e. The Morgan fingerprint density at radius 1 is 0.774 bits per heavy atom. The van der Waals surface area contributed by atoms with E-state index in [2.05, 4.69) is 0 Å². The third-order valence-electron chi connectivity index (χ3n) is 4.88. The third kappa shape index (κ3) is 4.22. The van der Waals surface area contributed by atoms with Crippen LogP contribution in [0.1, 0.15) is 0 Å². The number of methoxy groups -OCH3 is 1. The van der Waals surface area contributed by atoms with Gasteiger partial charge in [0.15, 0.2) is 9.84 Å². The molecule has 31 heavy (non-hydrogen) atoms. The average molecular weight is 473 g/mol. The highest BCUT2D eigenvalue weighted by Gasteiger charge is 2.21. The second-order valence-corrected chi connectivity index (χ2v) is 9.70. The van der Waals surface area contributed by atoms with Crippen molar-refractivity contribution in [2.45, 2.75) is 4.90 Å². The molecule has 0 radical (unpaired) electrons. The third-order valence-corrected chi connectivity index (χ3v) is 7.01. The van der Waals surface area contributed by atoms with Crippen LogP contribution in [-0.4, -0.2) is 21.8 Å². The van der Waals surface area contributed by atoms with Crippen molar-refractivity contribution in [3.05, 3.63) is 82.8 Å². The lowest BCUT2D eigenvalue weighted by atomic mass is 9.99. The van der Waals surface area contributed by atoms with E-state index >= 15 is 0 Å². The lowest BCUT2D eigenvalue weighted by molar-refractivity contribution is 0.415. The number of hydrogen-bond donors (Lipinski definition) is 0. The van der Waals surface area contributed by atoms with Gasteiger partial charge in [0.2, 0.25) is 0 Å². The van der Waals surface area contributed by atoms with Crippen LogP contribution in [0.4, 0.5) is 0 Å². The SMILES string of the molecule is COc1ccc2c(Oc3ccccc3)c(-c3ccc(S(C)(=O)=O)c(Cl)c3Cl)ccc2c1. The summed E-state index contributed by atoms with van der Waals surface area (Å²) in [4.78, 5) is -0.0148. The van der Waals surface area contributed by atoms with Crippen molar-refractivity contribution in [2.24, 2.45) is 0 Å². The maximum Gasteiger partial charge on any atom is 0.177 e. The van der Waals surface area contributed by atoms with Gasteiger partial charge in [0.05, 0.1) is 22.1 Å². The van der Waals surface area contributed by atoms with E-state index in [4.69, 9.17) is 32.7 Å². The molecule has 0 aromatic heterocycles. The molecule has 0 unspecified atom stereocenters. The van der Waals surface area contributed by atoms with Crippen molar-refractivity contribution in [3.8, 4) is 28.4 Å². The first-order chi connectivity index (χ1) is 14.8. The lowest BCUT2D eigenvalue weighted by Crippen LogP contribution is -1.99. The monoisotopic (exact) mass is 472 g/mol. The van der Waals surface area contributed by atoms with Crippen LogP contribution in [0.2, 0.25) is 10.0 Å². The smallest absolute Gasteiger partial charge is 0.177 e. The summed E-state index contributed by atoms with van der Waals surface area (Å²) < 4.78 is 35.7. The zero-order chi connectivity index (χ0) is 22.2. The maximum atomic E-state index is 12.0. The van der Waals surface area contributed by atoms with E-state index in [1.165, 1.54) is 6.07 Å². The van der Waals surface area contributed by atoms with Crippen LogP contribution < -0.4 is 9.47 Å². The standard InChI is InChI=1S/C24H18Cl2O4S/c1-29-17-9-11-18-15(14-17)8-10-20(24(18)30-16-6-4-3-5-7-16)19-12-13-21(31(2,27)28)23(26)22(19)25/h3-14H,1-2H3. The van der Waals surface area contributed by atoms with E-state index in [0.29, 0.717) is 22.6 Å². The van der Waals surface area contributed by atoms with Crippen LogP contribution in [0.25, 0.3) is 21.9 Å².